The van der Waals surface area contributed by atoms with Crippen molar-refractivity contribution < 1.29 is 14.4 Å². The van der Waals surface area contributed by atoms with Gasteiger partial charge in [0.25, 0.3) is 0 Å². The molecule has 1 aromatic carbocycles. The molecule has 3 N–H and O–H groups in total. The zero-order chi connectivity index (χ0) is 19.6. The van der Waals surface area contributed by atoms with Crippen molar-refractivity contribution in [1.82, 2.24) is 20.9 Å². The summed E-state index contributed by atoms with van der Waals surface area (Å²) in [5.74, 6) is -0.0806. The Labute approximate surface area is 159 Å². The number of carbonyl (C=O) groups is 3. The Morgan fingerprint density at radius 3 is 2.63 bits per heavy atom. The first-order valence-corrected chi connectivity index (χ1v) is 9.63. The van der Waals surface area contributed by atoms with Crippen LogP contribution in [0.2, 0.25) is 0 Å². The van der Waals surface area contributed by atoms with E-state index in [4.69, 9.17) is 0 Å². The van der Waals surface area contributed by atoms with E-state index < -0.39 is 12.1 Å². The summed E-state index contributed by atoms with van der Waals surface area (Å²) < 4.78 is 0. The van der Waals surface area contributed by atoms with Crippen LogP contribution < -0.4 is 16.0 Å². The number of carbonyl (C=O) groups excluding carboxylic acids is 3. The molecule has 0 radical (unpaired) electrons. The van der Waals surface area contributed by atoms with Crippen LogP contribution in [0.4, 0.5) is 4.79 Å². The van der Waals surface area contributed by atoms with Crippen LogP contribution >= 0.6 is 0 Å². The third-order valence-corrected chi connectivity index (χ3v) is 5.65. The van der Waals surface area contributed by atoms with E-state index in [1.165, 1.54) is 0 Å². The van der Waals surface area contributed by atoms with Gasteiger partial charge in [0.05, 0.1) is 12.1 Å². The van der Waals surface area contributed by atoms with Gasteiger partial charge < -0.3 is 20.9 Å². The maximum Gasteiger partial charge on any atom is 0.315 e. The summed E-state index contributed by atoms with van der Waals surface area (Å²) in [5, 5.41) is 8.68. The molecule has 1 aromatic rings. The number of hydrogen-bond donors (Lipinski definition) is 3. The molecule has 4 amide bonds. The normalized spacial score (nSPS) is 26.8. The average Bonchev–Trinajstić information content (AvgIpc) is 3.09. The van der Waals surface area contributed by atoms with E-state index in [2.05, 4.69) is 16.0 Å². The van der Waals surface area contributed by atoms with E-state index in [-0.39, 0.29) is 35.8 Å². The third kappa shape index (κ3) is 4.07. The number of nitrogens with one attached hydrogen (secondary N) is 3. The lowest BCUT2D eigenvalue weighted by Gasteiger charge is -2.36. The van der Waals surface area contributed by atoms with Crippen LogP contribution in [0.5, 0.6) is 0 Å². The molecule has 2 aliphatic rings. The van der Waals surface area contributed by atoms with Crippen molar-refractivity contribution in [2.75, 3.05) is 6.54 Å². The SMILES string of the molecule is CC[C@H](C)[C@@H]1NC(=O)[C@@H]2C[C@H](NC(=O)N[C@H](C)c3ccccc3)CN2C1=O. The fraction of sp³-hybridized carbons (Fsp3) is 0.550. The molecule has 0 aromatic heterocycles. The van der Waals surface area contributed by atoms with Crippen LogP contribution in [0.3, 0.4) is 0 Å². The molecule has 2 aliphatic heterocycles. The zero-order valence-electron chi connectivity index (χ0n) is 16.1. The van der Waals surface area contributed by atoms with E-state index in [1.54, 1.807) is 4.90 Å². The first kappa shape index (κ1) is 19.2. The molecule has 5 atom stereocenters. The molecule has 0 saturated carbocycles. The Kier molecular flexibility index (Phi) is 5.68. The molecule has 7 heteroatoms. The monoisotopic (exact) mass is 372 g/mol. The second kappa shape index (κ2) is 7.98. The molecule has 7 nitrogen and oxygen atoms in total. The summed E-state index contributed by atoms with van der Waals surface area (Å²) in [6.07, 6.45) is 1.26. The molecule has 0 unspecified atom stereocenters. The molecular weight excluding hydrogens is 344 g/mol. The van der Waals surface area contributed by atoms with Crippen LogP contribution in [-0.4, -0.2) is 47.4 Å². The molecule has 0 spiro atoms. The van der Waals surface area contributed by atoms with Gasteiger partial charge in [-0.25, -0.2) is 4.79 Å². The van der Waals surface area contributed by atoms with Gasteiger partial charge in [-0.1, -0.05) is 50.6 Å². The topological polar surface area (TPSA) is 90.5 Å². The van der Waals surface area contributed by atoms with Crippen molar-refractivity contribution in [3.8, 4) is 0 Å². The molecule has 0 bridgehead atoms. The molecule has 3 rings (SSSR count). The van der Waals surface area contributed by atoms with Crippen molar-refractivity contribution in [2.45, 2.75) is 57.8 Å². The van der Waals surface area contributed by atoms with Gasteiger partial charge in [-0.2, -0.15) is 0 Å². The summed E-state index contributed by atoms with van der Waals surface area (Å²) in [4.78, 5) is 39.1. The highest BCUT2D eigenvalue weighted by molar-refractivity contribution is 5.97. The maximum atomic E-state index is 12.7. The van der Waals surface area contributed by atoms with Crippen molar-refractivity contribution in [3.63, 3.8) is 0 Å². The Hall–Kier alpha value is -2.57. The minimum absolute atomic E-state index is 0.0451. The van der Waals surface area contributed by atoms with Crippen LogP contribution in [0, 0.1) is 5.92 Å². The Balaban J connectivity index is 1.58. The number of fused-ring (bicyclic) bond motifs is 1. The fourth-order valence-corrected chi connectivity index (χ4v) is 3.79. The lowest BCUT2D eigenvalue weighted by atomic mass is 9.95. The minimum atomic E-state index is -0.491. The van der Waals surface area contributed by atoms with Crippen molar-refractivity contribution >= 4 is 17.8 Å². The van der Waals surface area contributed by atoms with Crippen LogP contribution in [-0.2, 0) is 9.59 Å². The van der Waals surface area contributed by atoms with E-state index in [1.807, 2.05) is 51.1 Å². The van der Waals surface area contributed by atoms with Gasteiger partial charge in [0.1, 0.15) is 12.1 Å². The number of nitrogens with zero attached hydrogens (tertiary/aromatic N) is 1. The quantitative estimate of drug-likeness (QED) is 0.733. The summed E-state index contributed by atoms with van der Waals surface area (Å²) >= 11 is 0. The van der Waals surface area contributed by atoms with Gasteiger partial charge >= 0.3 is 6.03 Å². The largest absolute Gasteiger partial charge is 0.342 e. The van der Waals surface area contributed by atoms with Gasteiger partial charge in [0.2, 0.25) is 11.8 Å². The van der Waals surface area contributed by atoms with Gasteiger partial charge in [0.15, 0.2) is 0 Å². The van der Waals surface area contributed by atoms with E-state index in [0.717, 1.165) is 12.0 Å². The highest BCUT2D eigenvalue weighted by Crippen LogP contribution is 2.25. The van der Waals surface area contributed by atoms with Crippen molar-refractivity contribution in [2.24, 2.45) is 5.92 Å². The number of hydrogen-bond acceptors (Lipinski definition) is 3. The second-order valence-electron chi connectivity index (χ2n) is 7.56. The van der Waals surface area contributed by atoms with Crippen LogP contribution in [0.15, 0.2) is 30.3 Å². The smallest absolute Gasteiger partial charge is 0.315 e. The Morgan fingerprint density at radius 2 is 1.96 bits per heavy atom. The van der Waals surface area contributed by atoms with Gasteiger partial charge in [-0.3, -0.25) is 9.59 Å². The molecule has 2 saturated heterocycles. The van der Waals surface area contributed by atoms with Gasteiger partial charge in [0, 0.05) is 6.54 Å². The number of rotatable bonds is 5. The number of amides is 4. The van der Waals surface area contributed by atoms with E-state index in [0.29, 0.717) is 13.0 Å². The molecule has 27 heavy (non-hydrogen) atoms. The standard InChI is InChI=1S/C20H28N4O3/c1-4-12(2)17-19(26)24-11-15(10-16(24)18(25)23-17)22-20(27)21-13(3)14-8-6-5-7-9-14/h5-9,12-13,15-17H,4,10-11H2,1-3H3,(H,23,25)(H2,21,22,27)/t12-,13+,15-,16-,17-/m0/s1. The van der Waals surface area contributed by atoms with E-state index >= 15 is 0 Å². The molecule has 0 aliphatic carbocycles. The Bertz CT molecular complexity index is 708. The van der Waals surface area contributed by atoms with Gasteiger partial charge in [-0.05, 0) is 24.8 Å². The fourth-order valence-electron chi connectivity index (χ4n) is 3.79. The Morgan fingerprint density at radius 1 is 1.26 bits per heavy atom. The number of urea groups is 1. The summed E-state index contributed by atoms with van der Waals surface area (Å²) in [6.45, 7) is 6.26. The second-order valence-corrected chi connectivity index (χ2v) is 7.56. The predicted molar refractivity (Wildman–Crippen MR) is 102 cm³/mol. The summed E-state index contributed by atoms with van der Waals surface area (Å²) in [5.41, 5.74) is 1.02. The summed E-state index contributed by atoms with van der Waals surface area (Å²) in [7, 11) is 0. The first-order valence-electron chi connectivity index (χ1n) is 9.63. The molecule has 2 heterocycles. The number of benzene rings is 1. The molecule has 2 fully saturated rings. The van der Waals surface area contributed by atoms with Crippen molar-refractivity contribution in [1.29, 1.82) is 0 Å². The molecular formula is C20H28N4O3. The highest BCUT2D eigenvalue weighted by Gasteiger charge is 2.47. The first-order chi connectivity index (χ1) is 12.9. The van der Waals surface area contributed by atoms with Gasteiger partial charge in [-0.15, -0.1) is 0 Å². The predicted octanol–water partition coefficient (Wildman–Crippen LogP) is 1.56. The average molecular weight is 372 g/mol. The summed E-state index contributed by atoms with van der Waals surface area (Å²) in [6, 6.07) is 8.09. The zero-order valence-corrected chi connectivity index (χ0v) is 16.1. The van der Waals surface area contributed by atoms with E-state index in [9.17, 15) is 14.4 Å². The lowest BCUT2D eigenvalue weighted by molar-refractivity contribution is -0.148. The lowest BCUT2D eigenvalue weighted by Crippen LogP contribution is -2.62. The maximum absolute atomic E-state index is 12.7. The number of piperazine rings is 1. The third-order valence-electron chi connectivity index (χ3n) is 5.65. The molecule has 146 valence electrons. The highest BCUT2D eigenvalue weighted by atomic mass is 16.2. The van der Waals surface area contributed by atoms with Crippen LogP contribution in [0.1, 0.15) is 45.2 Å². The van der Waals surface area contributed by atoms with Crippen molar-refractivity contribution in [3.05, 3.63) is 35.9 Å². The van der Waals surface area contributed by atoms with Crippen LogP contribution in [0.25, 0.3) is 0 Å². The minimum Gasteiger partial charge on any atom is -0.342 e.